The Kier molecular flexibility index (Phi) is 5.59. The van der Waals surface area contributed by atoms with Gasteiger partial charge in [0.15, 0.2) is 6.79 Å². The molecule has 0 unspecified atom stereocenters. The molecule has 0 saturated carbocycles. The van der Waals surface area contributed by atoms with Gasteiger partial charge in [0.1, 0.15) is 5.75 Å². The smallest absolute Gasteiger partial charge is 0.188 e. The van der Waals surface area contributed by atoms with E-state index in [9.17, 15) is 0 Å². The van der Waals surface area contributed by atoms with E-state index in [1.165, 1.54) is 4.90 Å². The van der Waals surface area contributed by atoms with Crippen LogP contribution >= 0.6 is 35.0 Å². The van der Waals surface area contributed by atoms with E-state index >= 15 is 0 Å². The van der Waals surface area contributed by atoms with Crippen molar-refractivity contribution in [1.82, 2.24) is 0 Å². The second-order valence-electron chi connectivity index (χ2n) is 5.09. The predicted octanol–water partition coefficient (Wildman–Crippen LogP) is 5.55. The van der Waals surface area contributed by atoms with Crippen LogP contribution in [0.3, 0.4) is 0 Å². The zero-order valence-electron chi connectivity index (χ0n) is 12.7. The Morgan fingerprint density at radius 2 is 1.96 bits per heavy atom. The highest BCUT2D eigenvalue weighted by atomic mass is 35.5. The topological polar surface area (TPSA) is 21.7 Å². The van der Waals surface area contributed by atoms with Crippen LogP contribution in [0.15, 0.2) is 46.2 Å². The van der Waals surface area contributed by atoms with E-state index in [0.717, 1.165) is 40.0 Å². The van der Waals surface area contributed by atoms with E-state index < -0.39 is 0 Å². The molecule has 3 nitrogen and oxygen atoms in total. The van der Waals surface area contributed by atoms with E-state index in [0.29, 0.717) is 5.88 Å². The molecule has 0 bridgehead atoms. The summed E-state index contributed by atoms with van der Waals surface area (Å²) in [4.78, 5) is 4.61. The Hall–Kier alpha value is -1.07. The minimum absolute atomic E-state index is 0.242. The molecule has 2 aromatic rings. The summed E-state index contributed by atoms with van der Waals surface area (Å²) in [5.41, 5.74) is 2.28. The van der Waals surface area contributed by atoms with Gasteiger partial charge in [-0.05, 0) is 42.8 Å². The van der Waals surface area contributed by atoms with Gasteiger partial charge in [0.05, 0.1) is 11.4 Å². The molecule has 0 fully saturated rings. The van der Waals surface area contributed by atoms with E-state index in [4.69, 9.17) is 32.7 Å². The summed E-state index contributed by atoms with van der Waals surface area (Å²) in [5, 5.41) is 0.740. The van der Waals surface area contributed by atoms with Crippen LogP contribution in [0.5, 0.6) is 5.75 Å². The van der Waals surface area contributed by atoms with Crippen LogP contribution in [0, 0.1) is 0 Å². The largest absolute Gasteiger partial charge is 0.468 e. The number of hydrogen-bond donors (Lipinski definition) is 0. The van der Waals surface area contributed by atoms with E-state index in [-0.39, 0.29) is 6.79 Å². The fraction of sp³-hybridized carbons (Fsp3) is 0.294. The molecule has 0 N–H and O–H groups in total. The summed E-state index contributed by atoms with van der Waals surface area (Å²) >= 11 is 13.8. The molecule has 122 valence electrons. The van der Waals surface area contributed by atoms with Gasteiger partial charge in [0.25, 0.3) is 0 Å². The van der Waals surface area contributed by atoms with Gasteiger partial charge < -0.3 is 14.4 Å². The number of fused-ring (bicyclic) bond motifs is 2. The number of nitrogens with zero attached hydrogens (tertiary/aromatic N) is 1. The number of methoxy groups -OCH3 is 1. The van der Waals surface area contributed by atoms with Crippen molar-refractivity contribution in [3.63, 3.8) is 0 Å². The van der Waals surface area contributed by atoms with Crippen molar-refractivity contribution in [2.75, 3.05) is 31.2 Å². The highest BCUT2D eigenvalue weighted by Gasteiger charge is 2.23. The van der Waals surface area contributed by atoms with Crippen molar-refractivity contribution >= 4 is 46.3 Å². The molecule has 0 aromatic heterocycles. The maximum Gasteiger partial charge on any atom is 0.188 e. The molecule has 23 heavy (non-hydrogen) atoms. The lowest BCUT2D eigenvalue weighted by molar-refractivity contribution is 0.0510. The maximum absolute atomic E-state index is 6.19. The van der Waals surface area contributed by atoms with Crippen molar-refractivity contribution in [2.45, 2.75) is 16.2 Å². The molecule has 0 saturated heterocycles. The van der Waals surface area contributed by atoms with Crippen LogP contribution in [0.1, 0.15) is 6.42 Å². The van der Waals surface area contributed by atoms with Crippen molar-refractivity contribution in [3.8, 4) is 5.75 Å². The third kappa shape index (κ3) is 3.72. The fourth-order valence-electron chi connectivity index (χ4n) is 2.51. The lowest BCUT2D eigenvalue weighted by Crippen LogP contribution is -2.22. The Labute approximate surface area is 150 Å². The lowest BCUT2D eigenvalue weighted by Gasteiger charge is -2.33. The van der Waals surface area contributed by atoms with E-state index in [2.05, 4.69) is 17.0 Å². The molecule has 1 heterocycles. The standard InChI is InChI=1S/C17H17Cl2NO2S/c1-21-11-22-13-4-5-14-17(10-13)23-16-6-3-12(19)9-15(16)20(14)8-2-7-18/h3-6,9-10H,2,7-8,11H2,1H3. The lowest BCUT2D eigenvalue weighted by atomic mass is 10.2. The molecular weight excluding hydrogens is 353 g/mol. The summed E-state index contributed by atoms with van der Waals surface area (Å²) in [6.45, 7) is 1.09. The van der Waals surface area contributed by atoms with Crippen molar-refractivity contribution in [3.05, 3.63) is 41.4 Å². The number of hydrogen-bond acceptors (Lipinski definition) is 4. The van der Waals surface area contributed by atoms with Gasteiger partial charge in [-0.2, -0.15) is 0 Å². The van der Waals surface area contributed by atoms with Crippen molar-refractivity contribution in [2.24, 2.45) is 0 Å². The molecule has 1 aliphatic heterocycles. The molecule has 6 heteroatoms. The maximum atomic E-state index is 6.19. The van der Waals surface area contributed by atoms with E-state index in [1.807, 2.05) is 24.3 Å². The Bertz CT molecular complexity index is 696. The number of rotatable bonds is 6. The average Bonchev–Trinajstić information content (AvgIpc) is 2.57. The molecule has 3 rings (SSSR count). The van der Waals surface area contributed by atoms with Crippen LogP contribution < -0.4 is 9.64 Å². The Morgan fingerprint density at radius 1 is 1.09 bits per heavy atom. The van der Waals surface area contributed by atoms with Gasteiger partial charge in [-0.15, -0.1) is 11.6 Å². The first-order chi connectivity index (χ1) is 11.2. The van der Waals surface area contributed by atoms with Crippen LogP contribution in [-0.4, -0.2) is 26.3 Å². The van der Waals surface area contributed by atoms with Gasteiger partial charge in [-0.3, -0.25) is 0 Å². The minimum atomic E-state index is 0.242. The molecule has 0 aliphatic carbocycles. The first-order valence-electron chi connectivity index (χ1n) is 7.29. The van der Waals surface area contributed by atoms with Crippen LogP contribution in [0.4, 0.5) is 11.4 Å². The van der Waals surface area contributed by atoms with Gasteiger partial charge in [0, 0.05) is 34.3 Å². The molecule has 0 atom stereocenters. The first-order valence-corrected chi connectivity index (χ1v) is 9.02. The van der Waals surface area contributed by atoms with Gasteiger partial charge >= 0.3 is 0 Å². The SMILES string of the molecule is COCOc1ccc2c(c1)Sc1ccc(Cl)cc1N2CCCCl. The Morgan fingerprint density at radius 3 is 2.74 bits per heavy atom. The minimum Gasteiger partial charge on any atom is -0.468 e. The average molecular weight is 370 g/mol. The quantitative estimate of drug-likeness (QED) is 0.491. The van der Waals surface area contributed by atoms with Crippen LogP contribution in [0.2, 0.25) is 5.02 Å². The number of halogens is 2. The summed E-state index contributed by atoms with van der Waals surface area (Å²) in [6.07, 6.45) is 0.902. The Balaban J connectivity index is 1.97. The van der Waals surface area contributed by atoms with Crippen molar-refractivity contribution in [1.29, 1.82) is 0 Å². The summed E-state index contributed by atoms with van der Waals surface area (Å²) in [6, 6.07) is 12.1. The van der Waals surface area contributed by atoms with Crippen LogP contribution in [-0.2, 0) is 4.74 Å². The zero-order chi connectivity index (χ0) is 16.2. The van der Waals surface area contributed by atoms with Gasteiger partial charge in [0.2, 0.25) is 0 Å². The second kappa shape index (κ2) is 7.67. The molecule has 0 spiro atoms. The summed E-state index contributed by atoms with van der Waals surface area (Å²) < 4.78 is 10.5. The predicted molar refractivity (Wildman–Crippen MR) is 96.9 cm³/mol. The highest BCUT2D eigenvalue weighted by Crippen LogP contribution is 2.49. The molecule has 0 radical (unpaired) electrons. The zero-order valence-corrected chi connectivity index (χ0v) is 15.0. The molecule has 0 amide bonds. The summed E-state index contributed by atoms with van der Waals surface area (Å²) in [7, 11) is 1.61. The number of benzene rings is 2. The number of anilines is 2. The van der Waals surface area contributed by atoms with Crippen molar-refractivity contribution < 1.29 is 9.47 Å². The number of ether oxygens (including phenoxy) is 2. The second-order valence-corrected chi connectivity index (χ2v) is 6.99. The molecule has 1 aliphatic rings. The fourth-order valence-corrected chi connectivity index (χ4v) is 3.90. The van der Waals surface area contributed by atoms with Gasteiger partial charge in [-0.1, -0.05) is 23.4 Å². The van der Waals surface area contributed by atoms with E-state index in [1.54, 1.807) is 18.9 Å². The third-order valence-electron chi connectivity index (χ3n) is 3.51. The number of alkyl halides is 1. The van der Waals surface area contributed by atoms with Gasteiger partial charge in [-0.25, -0.2) is 0 Å². The molecule has 2 aromatic carbocycles. The van der Waals surface area contributed by atoms with Crippen LogP contribution in [0.25, 0.3) is 0 Å². The normalized spacial score (nSPS) is 12.7. The summed E-state index contributed by atoms with van der Waals surface area (Å²) in [5.74, 6) is 1.43. The first kappa shape index (κ1) is 16.8. The monoisotopic (exact) mass is 369 g/mol. The highest BCUT2D eigenvalue weighted by molar-refractivity contribution is 7.99. The third-order valence-corrected chi connectivity index (χ3v) is 5.13. The molecular formula is C17H17Cl2NO2S.